The highest BCUT2D eigenvalue weighted by Gasteiger charge is 2.38. The molecule has 2 fully saturated rings. The van der Waals surface area contributed by atoms with Gasteiger partial charge >= 0.3 is 0 Å². The Morgan fingerprint density at radius 3 is 2.42 bits per heavy atom. The molecule has 0 aliphatic heterocycles. The molecule has 164 valence electrons. The van der Waals surface area contributed by atoms with Crippen molar-refractivity contribution in [3.05, 3.63) is 69.9 Å². The fraction of sp³-hybridized carbons (Fsp3) is 0.391. The van der Waals surface area contributed by atoms with Gasteiger partial charge in [-0.1, -0.05) is 0 Å². The number of rotatable bonds is 5. The van der Waals surface area contributed by atoms with Crippen LogP contribution in [0.25, 0.3) is 11.0 Å². The van der Waals surface area contributed by atoms with Crippen molar-refractivity contribution in [2.75, 3.05) is 0 Å². The number of hydrogen-bond donors (Lipinski definition) is 1. The van der Waals surface area contributed by atoms with Gasteiger partial charge in [-0.2, -0.15) is 10.4 Å². The van der Waals surface area contributed by atoms with Crippen molar-refractivity contribution in [1.29, 1.82) is 5.26 Å². The number of H-pyrrole nitrogens is 1. The highest BCUT2D eigenvalue weighted by atomic mass is 16.1. The summed E-state index contributed by atoms with van der Waals surface area (Å²) in [5.74, 6) is 2.77. The number of nitriles is 1. The summed E-state index contributed by atoms with van der Waals surface area (Å²) in [6, 6.07) is 3.53. The van der Waals surface area contributed by atoms with Gasteiger partial charge in [0.05, 0.1) is 6.04 Å². The maximum Gasteiger partial charge on any atom is 0.263 e. The maximum atomic E-state index is 13.0. The standard InChI is InChI=1S/C23H21N9O/c1-12(14-10-27-19(28-11-14)13-3-4-13)32-22-18(17(9-24)31-32)23(33)30-21(29-22)16-6-5-15(16)20-25-7-2-8-26-20/h2,7-8,10-13,15-16H,3-6H2,1H3,(H,29,30,33)/t12-,15+,16+/m0/s1. The van der Waals surface area contributed by atoms with E-state index in [0.717, 1.165) is 42.9 Å². The smallest absolute Gasteiger partial charge is 0.263 e. The van der Waals surface area contributed by atoms with Gasteiger partial charge in [0.15, 0.2) is 11.3 Å². The summed E-state index contributed by atoms with van der Waals surface area (Å²) in [6.07, 6.45) is 11.1. The molecule has 0 amide bonds. The van der Waals surface area contributed by atoms with Gasteiger partial charge < -0.3 is 4.98 Å². The highest BCUT2D eigenvalue weighted by molar-refractivity contribution is 5.80. The SMILES string of the molecule is C[C@@H](c1cnc(C2CC2)nc1)n1nc(C#N)c2c(=O)[nH]c([C@@H]3CC[C@H]3c3ncccn3)nc21. The molecule has 1 N–H and O–H groups in total. The molecule has 4 aromatic heterocycles. The summed E-state index contributed by atoms with van der Waals surface area (Å²) in [6.45, 7) is 1.94. The van der Waals surface area contributed by atoms with Crippen LogP contribution >= 0.6 is 0 Å². The molecule has 10 heteroatoms. The predicted molar refractivity (Wildman–Crippen MR) is 117 cm³/mol. The van der Waals surface area contributed by atoms with Crippen molar-refractivity contribution >= 4 is 11.0 Å². The Bertz CT molecular complexity index is 1430. The van der Waals surface area contributed by atoms with Crippen LogP contribution in [0.5, 0.6) is 0 Å². The Kier molecular flexibility index (Phi) is 4.50. The van der Waals surface area contributed by atoms with E-state index in [4.69, 9.17) is 4.98 Å². The molecule has 4 aromatic rings. The van der Waals surface area contributed by atoms with Gasteiger partial charge in [-0.25, -0.2) is 29.6 Å². The molecule has 0 aromatic carbocycles. The van der Waals surface area contributed by atoms with Crippen LogP contribution in [0.3, 0.4) is 0 Å². The van der Waals surface area contributed by atoms with Crippen molar-refractivity contribution in [3.63, 3.8) is 0 Å². The van der Waals surface area contributed by atoms with Crippen molar-refractivity contribution in [1.82, 2.24) is 39.7 Å². The summed E-state index contributed by atoms with van der Waals surface area (Å²) < 4.78 is 1.63. The molecule has 6 rings (SSSR count). The third kappa shape index (κ3) is 3.28. The molecule has 3 atom stereocenters. The highest BCUT2D eigenvalue weighted by Crippen LogP contribution is 2.46. The average molecular weight is 439 g/mol. The number of hydrogen-bond acceptors (Lipinski definition) is 8. The number of fused-ring (bicyclic) bond motifs is 1. The molecule has 0 unspecified atom stereocenters. The van der Waals surface area contributed by atoms with Crippen LogP contribution in [0.1, 0.15) is 85.1 Å². The lowest BCUT2D eigenvalue weighted by Gasteiger charge is -2.34. The second-order valence-electron chi connectivity index (χ2n) is 8.78. The van der Waals surface area contributed by atoms with Gasteiger partial charge in [-0.05, 0) is 38.7 Å². The lowest BCUT2D eigenvalue weighted by Crippen LogP contribution is -2.28. The first-order chi connectivity index (χ1) is 16.1. The fourth-order valence-electron chi connectivity index (χ4n) is 4.48. The molecule has 0 bridgehead atoms. The van der Waals surface area contributed by atoms with E-state index < -0.39 is 0 Å². The zero-order valence-electron chi connectivity index (χ0n) is 18.0. The molecule has 10 nitrogen and oxygen atoms in total. The molecule has 0 radical (unpaired) electrons. The van der Waals surface area contributed by atoms with Gasteiger partial charge in [0, 0.05) is 48.1 Å². The number of nitrogens with zero attached hydrogens (tertiary/aromatic N) is 8. The lowest BCUT2D eigenvalue weighted by atomic mass is 9.72. The first-order valence-corrected chi connectivity index (χ1v) is 11.1. The van der Waals surface area contributed by atoms with Crippen LogP contribution < -0.4 is 5.56 Å². The van der Waals surface area contributed by atoms with E-state index in [-0.39, 0.29) is 34.5 Å². The topological polar surface area (TPSA) is 139 Å². The third-order valence-electron chi connectivity index (χ3n) is 6.71. The van der Waals surface area contributed by atoms with Gasteiger partial charge in [-0.15, -0.1) is 0 Å². The van der Waals surface area contributed by atoms with E-state index in [1.165, 1.54) is 0 Å². The van der Waals surface area contributed by atoms with E-state index in [2.05, 4.69) is 30.0 Å². The van der Waals surface area contributed by atoms with Crippen molar-refractivity contribution in [2.45, 2.75) is 56.4 Å². The zero-order chi connectivity index (χ0) is 22.5. The van der Waals surface area contributed by atoms with Gasteiger partial charge in [0.2, 0.25) is 0 Å². The minimum Gasteiger partial charge on any atom is -0.310 e. The molecule has 2 aliphatic carbocycles. The summed E-state index contributed by atoms with van der Waals surface area (Å²) >= 11 is 0. The maximum absolute atomic E-state index is 13.0. The fourth-order valence-corrected chi connectivity index (χ4v) is 4.48. The van der Waals surface area contributed by atoms with Crippen LogP contribution in [0.4, 0.5) is 0 Å². The van der Waals surface area contributed by atoms with E-state index in [1.54, 1.807) is 35.5 Å². The minimum atomic E-state index is -0.357. The molecule has 4 heterocycles. The quantitative estimate of drug-likeness (QED) is 0.501. The van der Waals surface area contributed by atoms with Crippen LogP contribution in [0, 0.1) is 11.3 Å². The van der Waals surface area contributed by atoms with E-state index in [1.807, 2.05) is 13.0 Å². The van der Waals surface area contributed by atoms with Crippen molar-refractivity contribution in [2.24, 2.45) is 0 Å². The van der Waals surface area contributed by atoms with Crippen molar-refractivity contribution < 1.29 is 0 Å². The Hall–Kier alpha value is -4.00. The number of aromatic nitrogens is 8. The first kappa shape index (κ1) is 19.7. The van der Waals surface area contributed by atoms with Crippen molar-refractivity contribution in [3.8, 4) is 6.07 Å². The summed E-state index contributed by atoms with van der Waals surface area (Å²) in [4.78, 5) is 38.5. The molecule has 33 heavy (non-hydrogen) atoms. The van der Waals surface area contributed by atoms with Crippen LogP contribution in [0.15, 0.2) is 35.6 Å². The van der Waals surface area contributed by atoms with E-state index >= 15 is 0 Å². The van der Waals surface area contributed by atoms with E-state index in [9.17, 15) is 10.1 Å². The molecular formula is C23H21N9O. The Morgan fingerprint density at radius 1 is 1.06 bits per heavy atom. The predicted octanol–water partition coefficient (Wildman–Crippen LogP) is 2.72. The molecule has 0 spiro atoms. The van der Waals surface area contributed by atoms with E-state index in [0.29, 0.717) is 17.4 Å². The number of aromatic amines is 1. The summed E-state index contributed by atoms with van der Waals surface area (Å²) in [7, 11) is 0. The average Bonchev–Trinajstić information content (AvgIpc) is 3.59. The van der Waals surface area contributed by atoms with Crippen LogP contribution in [-0.2, 0) is 0 Å². The second kappa shape index (κ2) is 7.55. The second-order valence-corrected chi connectivity index (χ2v) is 8.78. The molecule has 0 saturated heterocycles. The Labute approximate surface area is 188 Å². The minimum absolute atomic E-state index is 0.00912. The third-order valence-corrected chi connectivity index (χ3v) is 6.71. The Morgan fingerprint density at radius 2 is 1.79 bits per heavy atom. The monoisotopic (exact) mass is 439 g/mol. The lowest BCUT2D eigenvalue weighted by molar-refractivity contribution is 0.319. The van der Waals surface area contributed by atoms with Crippen LogP contribution in [-0.4, -0.2) is 39.7 Å². The van der Waals surface area contributed by atoms with Gasteiger partial charge in [0.1, 0.15) is 28.9 Å². The van der Waals surface area contributed by atoms with Crippen LogP contribution in [0.2, 0.25) is 0 Å². The van der Waals surface area contributed by atoms with Gasteiger partial charge in [0.25, 0.3) is 5.56 Å². The molecule has 2 saturated carbocycles. The zero-order valence-corrected chi connectivity index (χ0v) is 18.0. The largest absolute Gasteiger partial charge is 0.310 e. The summed E-state index contributed by atoms with van der Waals surface area (Å²) in [5, 5.41) is 14.2. The molecule has 2 aliphatic rings. The molecular weight excluding hydrogens is 418 g/mol. The number of nitrogens with one attached hydrogen (secondary N) is 1. The normalized spacial score (nSPS) is 20.8. The van der Waals surface area contributed by atoms with Gasteiger partial charge in [-0.3, -0.25) is 4.79 Å². The Balaban J connectivity index is 1.41. The summed E-state index contributed by atoms with van der Waals surface area (Å²) in [5.41, 5.74) is 0.939. The first-order valence-electron chi connectivity index (χ1n) is 11.1.